The Labute approximate surface area is 207 Å². The zero-order valence-electron chi connectivity index (χ0n) is 18.2. The molecule has 7 nitrogen and oxygen atoms in total. The maximum absolute atomic E-state index is 12.6. The largest absolute Gasteiger partial charge is 0.357 e. The molecule has 9 heteroatoms. The van der Waals surface area contributed by atoms with Gasteiger partial charge in [0.05, 0.1) is 6.42 Å². The second-order valence-electron chi connectivity index (χ2n) is 7.79. The van der Waals surface area contributed by atoms with Crippen LogP contribution < -0.4 is 5.32 Å². The van der Waals surface area contributed by atoms with Gasteiger partial charge in [-0.3, -0.25) is 9.59 Å². The lowest BCUT2D eigenvalue weighted by Gasteiger charge is -2.36. The van der Waals surface area contributed by atoms with Crippen molar-refractivity contribution in [2.45, 2.75) is 32.6 Å². The van der Waals surface area contributed by atoms with E-state index in [2.05, 4.69) is 15.2 Å². The van der Waals surface area contributed by atoms with Gasteiger partial charge in [0.15, 0.2) is 5.96 Å². The van der Waals surface area contributed by atoms with E-state index in [1.807, 2.05) is 41.0 Å². The Bertz CT molecular complexity index is 762. The molecular weight excluding hydrogens is 529 g/mol. The van der Waals surface area contributed by atoms with Gasteiger partial charge in [0.2, 0.25) is 11.8 Å². The minimum atomic E-state index is 0. The first-order valence-corrected chi connectivity index (χ1v) is 11.3. The summed E-state index contributed by atoms with van der Waals surface area (Å²) in [6, 6.07) is 7.44. The standard InChI is InChI=1S/C22H32ClN5O2.HI/c1-2-24-22(25-17-21(30)26-9-4-3-5-10-26)28-13-11-27(12-14-28)20(29)16-18-7-6-8-19(23)15-18;/h6-8,15H,2-5,9-14,16-17H2,1H3,(H,24,25);1H. The number of hydrogen-bond donors (Lipinski definition) is 1. The summed E-state index contributed by atoms with van der Waals surface area (Å²) in [5, 5.41) is 3.94. The zero-order valence-corrected chi connectivity index (χ0v) is 21.3. The van der Waals surface area contributed by atoms with Gasteiger partial charge in [-0.1, -0.05) is 23.7 Å². The third-order valence-corrected chi connectivity index (χ3v) is 5.82. The predicted molar refractivity (Wildman–Crippen MR) is 135 cm³/mol. The third kappa shape index (κ3) is 7.82. The van der Waals surface area contributed by atoms with Gasteiger partial charge in [0, 0.05) is 50.8 Å². The van der Waals surface area contributed by atoms with Gasteiger partial charge >= 0.3 is 0 Å². The predicted octanol–water partition coefficient (Wildman–Crippen LogP) is 2.62. The average molecular weight is 562 g/mol. The van der Waals surface area contributed by atoms with Crippen LogP contribution in [0.2, 0.25) is 5.02 Å². The van der Waals surface area contributed by atoms with Crippen LogP contribution >= 0.6 is 35.6 Å². The molecule has 0 aliphatic carbocycles. The van der Waals surface area contributed by atoms with Gasteiger partial charge in [-0.2, -0.15) is 0 Å². The molecule has 2 amide bonds. The second-order valence-corrected chi connectivity index (χ2v) is 8.22. The maximum Gasteiger partial charge on any atom is 0.244 e. The highest BCUT2D eigenvalue weighted by Gasteiger charge is 2.24. The fraction of sp³-hybridized carbons (Fsp3) is 0.591. The van der Waals surface area contributed by atoms with Crippen molar-refractivity contribution < 1.29 is 9.59 Å². The first-order valence-electron chi connectivity index (χ1n) is 10.9. The molecule has 0 bridgehead atoms. The smallest absolute Gasteiger partial charge is 0.244 e. The van der Waals surface area contributed by atoms with Gasteiger partial charge in [0.1, 0.15) is 6.54 Å². The Hall–Kier alpha value is -1.55. The molecule has 172 valence electrons. The highest BCUT2D eigenvalue weighted by molar-refractivity contribution is 14.0. The van der Waals surface area contributed by atoms with Crippen LogP contribution in [0.1, 0.15) is 31.7 Å². The molecular formula is C22H33ClIN5O2. The molecule has 2 saturated heterocycles. The normalized spacial score (nSPS) is 17.2. The second kappa shape index (κ2) is 13.1. The van der Waals surface area contributed by atoms with Crippen LogP contribution in [0.3, 0.4) is 0 Å². The monoisotopic (exact) mass is 561 g/mol. The Morgan fingerprint density at radius 1 is 0.968 bits per heavy atom. The van der Waals surface area contributed by atoms with Crippen molar-refractivity contribution in [3.8, 4) is 0 Å². The van der Waals surface area contributed by atoms with Gasteiger partial charge in [0.25, 0.3) is 0 Å². The van der Waals surface area contributed by atoms with E-state index in [1.54, 1.807) is 0 Å². The molecule has 2 aliphatic heterocycles. The van der Waals surface area contributed by atoms with E-state index in [0.717, 1.165) is 44.0 Å². The third-order valence-electron chi connectivity index (χ3n) is 5.58. The highest BCUT2D eigenvalue weighted by Crippen LogP contribution is 2.13. The van der Waals surface area contributed by atoms with Crippen LogP contribution in [0.4, 0.5) is 0 Å². The molecule has 0 radical (unpaired) electrons. The van der Waals surface area contributed by atoms with Crippen LogP contribution in [-0.4, -0.2) is 84.8 Å². The quantitative estimate of drug-likeness (QED) is 0.341. The highest BCUT2D eigenvalue weighted by atomic mass is 127. The van der Waals surface area contributed by atoms with Crippen LogP contribution in [0.15, 0.2) is 29.3 Å². The molecule has 31 heavy (non-hydrogen) atoms. The number of aliphatic imine (C=N–C) groups is 1. The van der Waals surface area contributed by atoms with Crippen molar-refractivity contribution in [3.63, 3.8) is 0 Å². The Morgan fingerprint density at radius 2 is 1.61 bits per heavy atom. The Kier molecular flexibility index (Phi) is 10.9. The Morgan fingerprint density at radius 3 is 2.26 bits per heavy atom. The molecule has 1 aromatic rings. The number of carbonyl (C=O) groups excluding carboxylic acids is 2. The summed E-state index contributed by atoms with van der Waals surface area (Å²) in [7, 11) is 0. The molecule has 0 saturated carbocycles. The number of nitrogens with zero attached hydrogens (tertiary/aromatic N) is 4. The number of hydrogen-bond acceptors (Lipinski definition) is 3. The SMILES string of the molecule is CCNC(=NCC(=O)N1CCCCC1)N1CCN(C(=O)Cc2cccc(Cl)c2)CC1.I. The molecule has 0 unspecified atom stereocenters. The summed E-state index contributed by atoms with van der Waals surface area (Å²) >= 11 is 6.02. The summed E-state index contributed by atoms with van der Waals surface area (Å²) in [6.45, 7) is 7.31. The fourth-order valence-electron chi connectivity index (χ4n) is 3.91. The maximum atomic E-state index is 12.6. The average Bonchev–Trinajstić information content (AvgIpc) is 2.77. The zero-order chi connectivity index (χ0) is 21.3. The van der Waals surface area contributed by atoms with E-state index < -0.39 is 0 Å². The van der Waals surface area contributed by atoms with Crippen molar-refractivity contribution in [2.75, 3.05) is 52.4 Å². The number of amides is 2. The lowest BCUT2D eigenvalue weighted by Crippen LogP contribution is -2.54. The van der Waals surface area contributed by atoms with Crippen molar-refractivity contribution in [1.82, 2.24) is 20.0 Å². The number of likely N-dealkylation sites (tertiary alicyclic amines) is 1. The number of carbonyl (C=O) groups is 2. The van der Waals surface area contributed by atoms with Gasteiger partial charge in [-0.25, -0.2) is 4.99 Å². The number of benzene rings is 1. The number of halogens is 2. The summed E-state index contributed by atoms with van der Waals surface area (Å²) in [4.78, 5) is 35.6. The first-order chi connectivity index (χ1) is 14.6. The van der Waals surface area contributed by atoms with Crippen LogP contribution in [-0.2, 0) is 16.0 Å². The molecule has 1 aromatic carbocycles. The molecule has 2 aliphatic rings. The lowest BCUT2D eigenvalue weighted by molar-refractivity contribution is -0.132. The summed E-state index contributed by atoms with van der Waals surface area (Å²) < 4.78 is 0. The van der Waals surface area contributed by atoms with E-state index in [9.17, 15) is 9.59 Å². The molecule has 0 aromatic heterocycles. The minimum absolute atomic E-state index is 0. The molecule has 0 spiro atoms. The number of piperidine rings is 1. The molecule has 1 N–H and O–H groups in total. The lowest BCUT2D eigenvalue weighted by atomic mass is 10.1. The van der Waals surface area contributed by atoms with Crippen molar-refractivity contribution in [2.24, 2.45) is 4.99 Å². The van der Waals surface area contributed by atoms with Gasteiger partial charge < -0.3 is 20.0 Å². The topological polar surface area (TPSA) is 68.2 Å². The van der Waals surface area contributed by atoms with Gasteiger partial charge in [-0.05, 0) is 43.9 Å². The van der Waals surface area contributed by atoms with Crippen molar-refractivity contribution in [3.05, 3.63) is 34.9 Å². The van der Waals surface area contributed by atoms with Gasteiger partial charge in [-0.15, -0.1) is 24.0 Å². The van der Waals surface area contributed by atoms with E-state index in [4.69, 9.17) is 11.6 Å². The summed E-state index contributed by atoms with van der Waals surface area (Å²) in [5.41, 5.74) is 0.932. The Balaban J connectivity index is 0.00000341. The van der Waals surface area contributed by atoms with Crippen molar-refractivity contribution >= 4 is 53.4 Å². The molecule has 2 fully saturated rings. The van der Waals surface area contributed by atoms with Crippen LogP contribution in [0.5, 0.6) is 0 Å². The van der Waals surface area contributed by atoms with Crippen LogP contribution in [0, 0.1) is 0 Å². The number of nitrogens with one attached hydrogen (secondary N) is 1. The fourth-order valence-corrected chi connectivity index (χ4v) is 4.13. The molecule has 0 atom stereocenters. The van der Waals surface area contributed by atoms with E-state index in [-0.39, 0.29) is 42.3 Å². The number of rotatable bonds is 5. The van der Waals surface area contributed by atoms with E-state index in [0.29, 0.717) is 37.6 Å². The molecule has 2 heterocycles. The summed E-state index contributed by atoms with van der Waals surface area (Å²) in [6.07, 6.45) is 3.73. The number of piperazine rings is 1. The van der Waals surface area contributed by atoms with E-state index in [1.165, 1.54) is 6.42 Å². The van der Waals surface area contributed by atoms with Crippen LogP contribution in [0.25, 0.3) is 0 Å². The number of guanidine groups is 1. The minimum Gasteiger partial charge on any atom is -0.357 e. The summed E-state index contributed by atoms with van der Waals surface area (Å²) in [5.74, 6) is 0.962. The van der Waals surface area contributed by atoms with Crippen molar-refractivity contribution in [1.29, 1.82) is 0 Å². The van der Waals surface area contributed by atoms with E-state index >= 15 is 0 Å². The molecule has 3 rings (SSSR count). The first kappa shape index (κ1) is 25.7.